The SMILES string of the molecule is C[C@@]12CC[C@@H]3[C@H](CC=C4C[C@H](OCC(=O)O)CC[C@@]43C)[C@H]1CCC2=O. The molecular weight excluding hydrogens is 316 g/mol. The Labute approximate surface area is 150 Å². The molecule has 138 valence electrons. The summed E-state index contributed by atoms with van der Waals surface area (Å²) < 4.78 is 5.59. The molecule has 4 aliphatic carbocycles. The molecule has 0 saturated heterocycles. The third-order valence-electron chi connectivity index (χ3n) is 8.21. The maximum Gasteiger partial charge on any atom is 0.329 e. The van der Waals surface area contributed by atoms with Crippen LogP contribution in [-0.4, -0.2) is 29.6 Å². The summed E-state index contributed by atoms with van der Waals surface area (Å²) in [5.74, 6) is 1.51. The van der Waals surface area contributed by atoms with Crippen LogP contribution in [0.2, 0.25) is 0 Å². The summed E-state index contributed by atoms with van der Waals surface area (Å²) in [6.45, 7) is 4.45. The quantitative estimate of drug-likeness (QED) is 0.785. The lowest BCUT2D eigenvalue weighted by molar-refractivity contribution is -0.145. The Hall–Kier alpha value is -1.16. The van der Waals surface area contributed by atoms with Crippen molar-refractivity contribution in [2.75, 3.05) is 6.61 Å². The van der Waals surface area contributed by atoms with E-state index in [-0.39, 0.29) is 23.5 Å². The van der Waals surface area contributed by atoms with E-state index in [9.17, 15) is 9.59 Å². The fourth-order valence-corrected chi connectivity index (χ4v) is 6.73. The summed E-state index contributed by atoms with van der Waals surface area (Å²) in [5.41, 5.74) is 1.65. The fraction of sp³-hybridized carbons (Fsp3) is 0.810. The zero-order valence-electron chi connectivity index (χ0n) is 15.4. The monoisotopic (exact) mass is 346 g/mol. The largest absolute Gasteiger partial charge is 0.480 e. The number of fused-ring (bicyclic) bond motifs is 5. The first-order valence-corrected chi connectivity index (χ1v) is 9.91. The summed E-state index contributed by atoms with van der Waals surface area (Å²) >= 11 is 0. The van der Waals surface area contributed by atoms with Crippen LogP contribution in [0.1, 0.15) is 65.2 Å². The predicted molar refractivity (Wildman–Crippen MR) is 94.1 cm³/mol. The molecular formula is C21H30O4. The van der Waals surface area contributed by atoms with Gasteiger partial charge in [-0.1, -0.05) is 25.5 Å². The third-order valence-corrected chi connectivity index (χ3v) is 8.21. The number of aliphatic carboxylic acids is 1. The first-order chi connectivity index (χ1) is 11.8. The van der Waals surface area contributed by atoms with Gasteiger partial charge in [-0.3, -0.25) is 4.79 Å². The lowest BCUT2D eigenvalue weighted by Gasteiger charge is -2.57. The normalized spacial score (nSPS) is 46.0. The summed E-state index contributed by atoms with van der Waals surface area (Å²) in [6.07, 6.45) is 10.6. The Morgan fingerprint density at radius 3 is 2.68 bits per heavy atom. The molecule has 0 radical (unpaired) electrons. The Morgan fingerprint density at radius 1 is 1.20 bits per heavy atom. The van der Waals surface area contributed by atoms with Gasteiger partial charge in [0.25, 0.3) is 0 Å². The van der Waals surface area contributed by atoms with E-state index in [2.05, 4.69) is 19.9 Å². The van der Waals surface area contributed by atoms with Gasteiger partial charge >= 0.3 is 5.97 Å². The highest BCUT2D eigenvalue weighted by molar-refractivity contribution is 5.87. The summed E-state index contributed by atoms with van der Waals surface area (Å²) in [4.78, 5) is 23.2. The van der Waals surface area contributed by atoms with E-state index in [0.29, 0.717) is 23.5 Å². The van der Waals surface area contributed by atoms with Crippen molar-refractivity contribution >= 4 is 11.8 Å². The zero-order valence-corrected chi connectivity index (χ0v) is 15.4. The van der Waals surface area contributed by atoms with Gasteiger partial charge in [0.15, 0.2) is 0 Å². The van der Waals surface area contributed by atoms with Crippen molar-refractivity contribution in [2.45, 2.75) is 71.3 Å². The highest BCUT2D eigenvalue weighted by Crippen LogP contribution is 2.64. The number of hydrogen-bond acceptors (Lipinski definition) is 3. The first-order valence-electron chi connectivity index (χ1n) is 9.91. The lowest BCUT2D eigenvalue weighted by Crippen LogP contribution is -2.50. The molecule has 0 aliphatic heterocycles. The minimum Gasteiger partial charge on any atom is -0.480 e. The van der Waals surface area contributed by atoms with Crippen molar-refractivity contribution < 1.29 is 19.4 Å². The molecule has 0 heterocycles. The second-order valence-corrected chi connectivity index (χ2v) is 9.25. The van der Waals surface area contributed by atoms with Crippen LogP contribution in [0.15, 0.2) is 11.6 Å². The molecule has 0 aromatic heterocycles. The van der Waals surface area contributed by atoms with Gasteiger partial charge in [-0.2, -0.15) is 0 Å². The second-order valence-electron chi connectivity index (χ2n) is 9.25. The summed E-state index contributed by atoms with van der Waals surface area (Å²) in [5, 5.41) is 8.85. The average Bonchev–Trinajstić information content (AvgIpc) is 2.88. The Balaban J connectivity index is 1.54. The van der Waals surface area contributed by atoms with Gasteiger partial charge in [0.05, 0.1) is 6.10 Å². The van der Waals surface area contributed by atoms with Crippen LogP contribution < -0.4 is 0 Å². The van der Waals surface area contributed by atoms with E-state index >= 15 is 0 Å². The average molecular weight is 346 g/mol. The molecule has 0 unspecified atom stereocenters. The first kappa shape index (κ1) is 17.3. The third kappa shape index (κ3) is 2.59. The van der Waals surface area contributed by atoms with Crippen molar-refractivity contribution in [1.29, 1.82) is 0 Å². The topological polar surface area (TPSA) is 63.6 Å². The molecule has 6 atom stereocenters. The van der Waals surface area contributed by atoms with Crippen molar-refractivity contribution in [1.82, 2.24) is 0 Å². The van der Waals surface area contributed by atoms with Gasteiger partial charge < -0.3 is 9.84 Å². The molecule has 4 nitrogen and oxygen atoms in total. The predicted octanol–water partition coefficient (Wildman–Crippen LogP) is 3.99. The van der Waals surface area contributed by atoms with Crippen LogP contribution in [0.4, 0.5) is 0 Å². The van der Waals surface area contributed by atoms with Gasteiger partial charge in [0.2, 0.25) is 0 Å². The van der Waals surface area contributed by atoms with E-state index in [1.807, 2.05) is 0 Å². The number of carbonyl (C=O) groups excluding carboxylic acids is 1. The maximum absolute atomic E-state index is 12.5. The van der Waals surface area contributed by atoms with Crippen molar-refractivity contribution in [3.8, 4) is 0 Å². The smallest absolute Gasteiger partial charge is 0.329 e. The van der Waals surface area contributed by atoms with E-state index in [1.165, 1.54) is 5.57 Å². The minimum absolute atomic E-state index is 0.0499. The molecule has 4 heteroatoms. The van der Waals surface area contributed by atoms with Crippen LogP contribution >= 0.6 is 0 Å². The van der Waals surface area contributed by atoms with Crippen molar-refractivity contribution in [2.24, 2.45) is 28.6 Å². The minimum atomic E-state index is -0.886. The van der Waals surface area contributed by atoms with E-state index in [4.69, 9.17) is 9.84 Å². The second kappa shape index (κ2) is 5.94. The summed E-state index contributed by atoms with van der Waals surface area (Å²) in [6, 6.07) is 0. The van der Waals surface area contributed by atoms with Gasteiger partial charge in [-0.15, -0.1) is 0 Å². The number of Topliss-reactive ketones (excluding diaryl/α,β-unsaturated/α-hetero) is 1. The molecule has 0 aromatic rings. The van der Waals surface area contributed by atoms with Crippen LogP contribution in [0.25, 0.3) is 0 Å². The number of hydrogen-bond donors (Lipinski definition) is 1. The van der Waals surface area contributed by atoms with Crippen LogP contribution in [0.3, 0.4) is 0 Å². The molecule has 0 amide bonds. The van der Waals surface area contributed by atoms with E-state index in [0.717, 1.165) is 51.4 Å². The van der Waals surface area contributed by atoms with Gasteiger partial charge in [-0.05, 0) is 68.1 Å². The zero-order chi connectivity index (χ0) is 17.8. The van der Waals surface area contributed by atoms with E-state index < -0.39 is 5.97 Å². The number of carboxylic acid groups (broad SMARTS) is 1. The molecule has 3 saturated carbocycles. The van der Waals surface area contributed by atoms with Gasteiger partial charge in [-0.25, -0.2) is 4.79 Å². The molecule has 3 fully saturated rings. The Morgan fingerprint density at radius 2 is 1.92 bits per heavy atom. The molecule has 4 aliphatic rings. The number of rotatable bonds is 3. The number of carbonyl (C=O) groups is 2. The number of ketones is 1. The molecule has 0 spiro atoms. The molecule has 25 heavy (non-hydrogen) atoms. The number of carboxylic acids is 1. The molecule has 1 N–H and O–H groups in total. The highest BCUT2D eigenvalue weighted by Gasteiger charge is 2.58. The van der Waals surface area contributed by atoms with Crippen molar-refractivity contribution in [3.63, 3.8) is 0 Å². The van der Waals surface area contributed by atoms with Crippen LogP contribution in [-0.2, 0) is 14.3 Å². The van der Waals surface area contributed by atoms with Crippen LogP contribution in [0, 0.1) is 28.6 Å². The van der Waals surface area contributed by atoms with Gasteiger partial charge in [0, 0.05) is 11.8 Å². The van der Waals surface area contributed by atoms with Crippen LogP contribution in [0.5, 0.6) is 0 Å². The van der Waals surface area contributed by atoms with Crippen molar-refractivity contribution in [3.05, 3.63) is 11.6 Å². The standard InChI is InChI=1S/C21H30O4/c1-20-9-7-14(25-12-19(23)24)11-13(20)3-4-15-16-5-6-18(22)21(16,2)10-8-17(15)20/h3,14-17H,4-12H2,1-2H3,(H,23,24)/t14-,15-,16-,17-,20+,21-/m1/s1. The summed E-state index contributed by atoms with van der Waals surface area (Å²) in [7, 11) is 0. The number of ether oxygens (including phenoxy) is 1. The molecule has 4 rings (SSSR count). The lowest BCUT2D eigenvalue weighted by atomic mass is 9.48. The Bertz CT molecular complexity index is 623. The maximum atomic E-state index is 12.5. The molecule has 0 aromatic carbocycles. The fourth-order valence-electron chi connectivity index (χ4n) is 6.73. The Kier molecular flexibility index (Phi) is 4.10. The molecule has 0 bridgehead atoms. The highest BCUT2D eigenvalue weighted by atomic mass is 16.5. The van der Waals surface area contributed by atoms with E-state index in [1.54, 1.807) is 0 Å². The van der Waals surface area contributed by atoms with Gasteiger partial charge in [0.1, 0.15) is 12.4 Å². The number of allylic oxidation sites excluding steroid dienone is 1.